The van der Waals surface area contributed by atoms with Crippen molar-refractivity contribution in [2.75, 3.05) is 19.6 Å². The normalized spacial score (nSPS) is 20.6. The van der Waals surface area contributed by atoms with Gasteiger partial charge in [0, 0.05) is 6.42 Å². The summed E-state index contributed by atoms with van der Waals surface area (Å²) in [5.74, 6) is 2.03. The van der Waals surface area contributed by atoms with Crippen LogP contribution >= 0.6 is 0 Å². The van der Waals surface area contributed by atoms with E-state index in [0.717, 1.165) is 18.9 Å². The molecule has 2 rings (SSSR count). The maximum Gasteiger partial charge on any atom is 0.194 e. The molecule has 1 fully saturated rings. The van der Waals surface area contributed by atoms with E-state index in [-0.39, 0.29) is 0 Å². The Morgan fingerprint density at radius 2 is 2.24 bits per heavy atom. The highest BCUT2D eigenvalue weighted by Gasteiger charge is 2.20. The molecule has 2 heterocycles. The minimum atomic E-state index is -0.557. The summed E-state index contributed by atoms with van der Waals surface area (Å²) >= 11 is 0. The highest BCUT2D eigenvalue weighted by atomic mass is 16.4. The number of aliphatic hydroxyl groups excluding tert-OH is 1. The molecule has 1 atom stereocenters. The predicted octanol–water partition coefficient (Wildman–Crippen LogP) is 2.00. The number of rotatable bonds is 4. The van der Waals surface area contributed by atoms with Crippen LogP contribution in [0.3, 0.4) is 0 Å². The van der Waals surface area contributed by atoms with E-state index in [2.05, 4.69) is 16.8 Å². The highest BCUT2D eigenvalue weighted by Crippen LogP contribution is 2.22. The largest absolute Gasteiger partial charge is 0.443 e. The fraction of sp³-hybridized carbons (Fsp3) is 0.769. The Morgan fingerprint density at radius 1 is 1.53 bits per heavy atom. The second-order valence-corrected chi connectivity index (χ2v) is 4.91. The van der Waals surface area contributed by atoms with Gasteiger partial charge in [-0.3, -0.25) is 0 Å². The summed E-state index contributed by atoms with van der Waals surface area (Å²) < 4.78 is 5.53. The number of piperidine rings is 1. The van der Waals surface area contributed by atoms with Gasteiger partial charge >= 0.3 is 0 Å². The lowest BCUT2D eigenvalue weighted by Gasteiger charge is -2.30. The smallest absolute Gasteiger partial charge is 0.194 e. The number of aliphatic hydroxyl groups is 1. The van der Waals surface area contributed by atoms with Gasteiger partial charge < -0.3 is 14.4 Å². The van der Waals surface area contributed by atoms with E-state index in [1.54, 1.807) is 13.1 Å². The van der Waals surface area contributed by atoms with Crippen LogP contribution in [0.4, 0.5) is 0 Å². The minimum absolute atomic E-state index is 0.557. The summed E-state index contributed by atoms with van der Waals surface area (Å²) in [5, 5.41) is 9.37. The zero-order valence-electron chi connectivity index (χ0n) is 10.7. The molecule has 0 bridgehead atoms. The Labute approximate surface area is 103 Å². The third-order valence-electron chi connectivity index (χ3n) is 3.60. The molecule has 1 aliphatic rings. The average Bonchev–Trinajstić information content (AvgIpc) is 2.79. The summed E-state index contributed by atoms with van der Waals surface area (Å²) in [7, 11) is 0. The van der Waals surface area contributed by atoms with E-state index < -0.39 is 6.10 Å². The first-order valence-electron chi connectivity index (χ1n) is 6.54. The SMILES string of the molecule is CCN1CCC(Cc2ncc(C(C)O)o2)CC1. The minimum Gasteiger partial charge on any atom is -0.443 e. The van der Waals surface area contributed by atoms with Gasteiger partial charge in [0.25, 0.3) is 0 Å². The Bertz CT molecular complexity index is 341. The number of hydrogen-bond acceptors (Lipinski definition) is 4. The third-order valence-corrected chi connectivity index (χ3v) is 3.60. The number of aromatic nitrogens is 1. The average molecular weight is 238 g/mol. The van der Waals surface area contributed by atoms with Crippen LogP contribution in [-0.2, 0) is 6.42 Å². The fourth-order valence-corrected chi connectivity index (χ4v) is 2.37. The van der Waals surface area contributed by atoms with E-state index in [4.69, 9.17) is 4.42 Å². The topological polar surface area (TPSA) is 49.5 Å². The molecule has 1 saturated heterocycles. The molecule has 0 aliphatic carbocycles. The number of hydrogen-bond donors (Lipinski definition) is 1. The van der Waals surface area contributed by atoms with Crippen molar-refractivity contribution in [1.29, 1.82) is 0 Å². The van der Waals surface area contributed by atoms with E-state index in [9.17, 15) is 5.11 Å². The molecule has 1 aromatic heterocycles. The van der Waals surface area contributed by atoms with Crippen LogP contribution in [-0.4, -0.2) is 34.6 Å². The molecule has 0 saturated carbocycles. The maximum absolute atomic E-state index is 9.37. The van der Waals surface area contributed by atoms with Crippen molar-refractivity contribution in [3.05, 3.63) is 17.8 Å². The van der Waals surface area contributed by atoms with E-state index in [0.29, 0.717) is 11.7 Å². The Morgan fingerprint density at radius 3 is 2.76 bits per heavy atom. The zero-order chi connectivity index (χ0) is 12.3. The molecule has 0 radical (unpaired) electrons. The van der Waals surface area contributed by atoms with Gasteiger partial charge in [0.15, 0.2) is 11.7 Å². The lowest BCUT2D eigenvalue weighted by molar-refractivity contribution is 0.161. The van der Waals surface area contributed by atoms with Crippen LogP contribution in [0, 0.1) is 5.92 Å². The Kier molecular flexibility index (Phi) is 4.18. The quantitative estimate of drug-likeness (QED) is 0.871. The van der Waals surface area contributed by atoms with Crippen molar-refractivity contribution in [2.45, 2.75) is 39.2 Å². The van der Waals surface area contributed by atoms with Gasteiger partial charge in [-0.15, -0.1) is 0 Å². The number of oxazole rings is 1. The maximum atomic E-state index is 9.37. The second-order valence-electron chi connectivity index (χ2n) is 4.91. The molecule has 17 heavy (non-hydrogen) atoms. The summed E-state index contributed by atoms with van der Waals surface area (Å²) in [5.41, 5.74) is 0. The van der Waals surface area contributed by atoms with Crippen LogP contribution < -0.4 is 0 Å². The van der Waals surface area contributed by atoms with E-state index >= 15 is 0 Å². The Balaban J connectivity index is 1.84. The van der Waals surface area contributed by atoms with Crippen molar-refractivity contribution in [3.63, 3.8) is 0 Å². The molecule has 0 amide bonds. The molecule has 0 aromatic carbocycles. The van der Waals surface area contributed by atoms with Crippen molar-refractivity contribution >= 4 is 0 Å². The van der Waals surface area contributed by atoms with E-state index in [1.165, 1.54) is 25.9 Å². The molecule has 1 unspecified atom stereocenters. The standard InChI is InChI=1S/C13H22N2O2/c1-3-15-6-4-11(5-7-15)8-13-14-9-12(17-13)10(2)16/h9-11,16H,3-8H2,1-2H3. The van der Waals surface area contributed by atoms with Gasteiger partial charge in [0.2, 0.25) is 0 Å². The lowest BCUT2D eigenvalue weighted by Crippen LogP contribution is -2.34. The molecule has 1 N–H and O–H groups in total. The monoisotopic (exact) mass is 238 g/mol. The van der Waals surface area contributed by atoms with Crippen LogP contribution in [0.1, 0.15) is 44.4 Å². The highest BCUT2D eigenvalue weighted by molar-refractivity contribution is 4.97. The van der Waals surface area contributed by atoms with Crippen molar-refractivity contribution in [2.24, 2.45) is 5.92 Å². The summed E-state index contributed by atoms with van der Waals surface area (Å²) in [6, 6.07) is 0. The molecule has 1 aromatic rings. The van der Waals surface area contributed by atoms with Gasteiger partial charge in [-0.25, -0.2) is 4.98 Å². The fourth-order valence-electron chi connectivity index (χ4n) is 2.37. The molecular formula is C13H22N2O2. The first-order chi connectivity index (χ1) is 8.19. The van der Waals surface area contributed by atoms with Gasteiger partial charge in [-0.1, -0.05) is 6.92 Å². The van der Waals surface area contributed by atoms with Crippen molar-refractivity contribution in [1.82, 2.24) is 9.88 Å². The van der Waals surface area contributed by atoms with Gasteiger partial charge in [0.05, 0.1) is 6.20 Å². The summed E-state index contributed by atoms with van der Waals surface area (Å²) in [6.45, 7) is 7.43. The Hall–Kier alpha value is -0.870. The molecular weight excluding hydrogens is 216 g/mol. The first-order valence-corrected chi connectivity index (χ1v) is 6.54. The zero-order valence-corrected chi connectivity index (χ0v) is 10.7. The van der Waals surface area contributed by atoms with Crippen molar-refractivity contribution in [3.8, 4) is 0 Å². The number of likely N-dealkylation sites (tertiary alicyclic amines) is 1. The summed E-state index contributed by atoms with van der Waals surface area (Å²) in [4.78, 5) is 6.71. The first kappa shape index (κ1) is 12.6. The molecule has 96 valence electrons. The molecule has 1 aliphatic heterocycles. The van der Waals surface area contributed by atoms with Gasteiger partial charge in [0.1, 0.15) is 6.10 Å². The van der Waals surface area contributed by atoms with Gasteiger partial charge in [-0.05, 0) is 45.3 Å². The lowest BCUT2D eigenvalue weighted by atomic mass is 9.93. The second kappa shape index (κ2) is 5.65. The molecule has 0 spiro atoms. The van der Waals surface area contributed by atoms with Crippen molar-refractivity contribution < 1.29 is 9.52 Å². The third kappa shape index (κ3) is 3.30. The number of nitrogens with zero attached hydrogens (tertiary/aromatic N) is 2. The van der Waals surface area contributed by atoms with Gasteiger partial charge in [-0.2, -0.15) is 0 Å². The predicted molar refractivity (Wildman–Crippen MR) is 65.7 cm³/mol. The van der Waals surface area contributed by atoms with E-state index in [1.807, 2.05) is 0 Å². The molecule has 4 heteroatoms. The molecule has 4 nitrogen and oxygen atoms in total. The van der Waals surface area contributed by atoms with Crippen LogP contribution in [0.25, 0.3) is 0 Å². The van der Waals surface area contributed by atoms with Crippen LogP contribution in [0.5, 0.6) is 0 Å². The van der Waals surface area contributed by atoms with Crippen LogP contribution in [0.2, 0.25) is 0 Å². The summed E-state index contributed by atoms with van der Waals surface area (Å²) in [6.07, 6.45) is 4.43. The van der Waals surface area contributed by atoms with Crippen LogP contribution in [0.15, 0.2) is 10.6 Å².